The zero-order chi connectivity index (χ0) is 23.0. The summed E-state index contributed by atoms with van der Waals surface area (Å²) >= 11 is 0. The highest BCUT2D eigenvalue weighted by atomic mass is 16.6. The zero-order valence-electron chi connectivity index (χ0n) is 18.1. The van der Waals surface area contributed by atoms with E-state index in [4.69, 9.17) is 9.26 Å². The predicted octanol–water partition coefficient (Wildman–Crippen LogP) is 2.13. The van der Waals surface area contributed by atoms with Gasteiger partial charge < -0.3 is 19.5 Å². The van der Waals surface area contributed by atoms with E-state index in [2.05, 4.69) is 15.8 Å². The first-order valence-corrected chi connectivity index (χ1v) is 10.3. The Kier molecular flexibility index (Phi) is 5.45. The zero-order valence-corrected chi connectivity index (χ0v) is 18.1. The summed E-state index contributed by atoms with van der Waals surface area (Å²) < 4.78 is 10.7. The Hall–Kier alpha value is -3.69. The number of nitrogens with zero attached hydrogens (tertiary/aromatic N) is 2. The summed E-state index contributed by atoms with van der Waals surface area (Å²) in [7, 11) is 0. The fourth-order valence-corrected chi connectivity index (χ4v) is 3.82. The van der Waals surface area contributed by atoms with Gasteiger partial charge in [0.1, 0.15) is 17.3 Å². The summed E-state index contributed by atoms with van der Waals surface area (Å²) in [6.07, 6.45) is -0.0738. The Labute approximate surface area is 184 Å². The van der Waals surface area contributed by atoms with Crippen LogP contribution in [0.4, 0.5) is 4.79 Å². The SMILES string of the molecule is CC(C)(C)OC(=O)NCc1cc(-c2cccc3c2CN(C2CCC(=O)NC2=O)C3=O)on1. The molecule has 10 nitrogen and oxygen atoms in total. The van der Waals surface area contributed by atoms with Crippen molar-refractivity contribution in [3.8, 4) is 11.3 Å². The van der Waals surface area contributed by atoms with Crippen LogP contribution in [0, 0.1) is 0 Å². The quantitative estimate of drug-likeness (QED) is 0.696. The second kappa shape index (κ2) is 8.10. The molecule has 2 N–H and O–H groups in total. The largest absolute Gasteiger partial charge is 0.444 e. The van der Waals surface area contributed by atoms with Gasteiger partial charge >= 0.3 is 6.09 Å². The van der Waals surface area contributed by atoms with Crippen molar-refractivity contribution in [3.63, 3.8) is 0 Å². The Morgan fingerprint density at radius 3 is 2.75 bits per heavy atom. The van der Waals surface area contributed by atoms with E-state index in [0.717, 1.165) is 5.56 Å². The van der Waals surface area contributed by atoms with Crippen LogP contribution in [0.2, 0.25) is 0 Å². The number of hydrogen-bond acceptors (Lipinski definition) is 7. The van der Waals surface area contributed by atoms with Gasteiger partial charge in [-0.1, -0.05) is 17.3 Å². The van der Waals surface area contributed by atoms with Gasteiger partial charge in [0.15, 0.2) is 5.76 Å². The van der Waals surface area contributed by atoms with Gasteiger partial charge in [0.25, 0.3) is 5.91 Å². The maximum atomic E-state index is 13.0. The molecule has 4 rings (SSSR count). The van der Waals surface area contributed by atoms with Gasteiger partial charge in [0.05, 0.1) is 6.54 Å². The van der Waals surface area contributed by atoms with E-state index in [1.165, 1.54) is 4.90 Å². The molecule has 2 aliphatic rings. The van der Waals surface area contributed by atoms with Crippen LogP contribution in [0.3, 0.4) is 0 Å². The van der Waals surface area contributed by atoms with Crippen LogP contribution >= 0.6 is 0 Å². The number of benzene rings is 1. The number of alkyl carbamates (subject to hydrolysis) is 1. The molecule has 10 heteroatoms. The third kappa shape index (κ3) is 4.34. The Bertz CT molecular complexity index is 1100. The number of carbonyl (C=O) groups is 4. The van der Waals surface area contributed by atoms with Gasteiger partial charge in [-0.2, -0.15) is 0 Å². The van der Waals surface area contributed by atoms with E-state index < -0.39 is 23.6 Å². The number of rotatable bonds is 4. The minimum Gasteiger partial charge on any atom is -0.444 e. The number of ether oxygens (including phenoxy) is 1. The van der Waals surface area contributed by atoms with Crippen LogP contribution in [0.5, 0.6) is 0 Å². The van der Waals surface area contributed by atoms with E-state index in [1.807, 2.05) is 6.07 Å². The van der Waals surface area contributed by atoms with Crippen molar-refractivity contribution >= 4 is 23.8 Å². The van der Waals surface area contributed by atoms with Gasteiger partial charge in [0.2, 0.25) is 11.8 Å². The number of amides is 4. The molecule has 2 aromatic rings. The van der Waals surface area contributed by atoms with Gasteiger partial charge in [-0.05, 0) is 38.8 Å². The predicted molar refractivity (Wildman–Crippen MR) is 111 cm³/mol. The Morgan fingerprint density at radius 1 is 1.28 bits per heavy atom. The summed E-state index contributed by atoms with van der Waals surface area (Å²) in [6, 6.07) is 6.25. The number of fused-ring (bicyclic) bond motifs is 1. The van der Waals surface area contributed by atoms with Crippen molar-refractivity contribution in [2.45, 2.75) is 58.3 Å². The molecule has 1 atom stereocenters. The minimum atomic E-state index is -0.691. The lowest BCUT2D eigenvalue weighted by Crippen LogP contribution is -2.52. The molecule has 3 heterocycles. The van der Waals surface area contributed by atoms with Crippen molar-refractivity contribution in [1.82, 2.24) is 20.7 Å². The first-order valence-electron chi connectivity index (χ1n) is 10.3. The third-order valence-electron chi connectivity index (χ3n) is 5.22. The average Bonchev–Trinajstić information content (AvgIpc) is 3.30. The van der Waals surface area contributed by atoms with E-state index in [0.29, 0.717) is 29.0 Å². The van der Waals surface area contributed by atoms with Crippen molar-refractivity contribution < 1.29 is 28.4 Å². The summed E-state index contributed by atoms with van der Waals surface area (Å²) in [6.45, 7) is 5.67. The number of piperidine rings is 1. The standard InChI is InChI=1S/C22H24N4O6/c1-22(2,3)31-21(30)23-10-12-9-17(32-25-12)13-5-4-6-14-15(13)11-26(20(14)29)16-7-8-18(27)24-19(16)28/h4-6,9,16H,7-8,10-11H2,1-3H3,(H,23,30)(H,24,27,28). The molecule has 0 bridgehead atoms. The van der Waals surface area contributed by atoms with Crippen molar-refractivity contribution in [1.29, 1.82) is 0 Å². The fraction of sp³-hybridized carbons (Fsp3) is 0.409. The Balaban J connectivity index is 1.50. The lowest BCUT2D eigenvalue weighted by Gasteiger charge is -2.29. The molecule has 32 heavy (non-hydrogen) atoms. The van der Waals surface area contributed by atoms with Crippen LogP contribution in [-0.4, -0.2) is 45.5 Å². The molecular weight excluding hydrogens is 416 g/mol. The van der Waals surface area contributed by atoms with E-state index >= 15 is 0 Å². The molecule has 1 unspecified atom stereocenters. The maximum absolute atomic E-state index is 13.0. The van der Waals surface area contributed by atoms with Crippen molar-refractivity contribution in [3.05, 3.63) is 41.1 Å². The van der Waals surface area contributed by atoms with E-state index in [-0.39, 0.29) is 31.3 Å². The molecule has 0 radical (unpaired) electrons. The highest BCUT2D eigenvalue weighted by molar-refractivity contribution is 6.06. The highest BCUT2D eigenvalue weighted by Crippen LogP contribution is 2.35. The van der Waals surface area contributed by atoms with E-state index in [9.17, 15) is 19.2 Å². The van der Waals surface area contributed by atoms with Gasteiger partial charge in [0, 0.05) is 30.2 Å². The molecule has 0 aliphatic carbocycles. The van der Waals surface area contributed by atoms with Gasteiger partial charge in [-0.15, -0.1) is 0 Å². The summed E-state index contributed by atoms with van der Waals surface area (Å²) in [5.74, 6) is -0.604. The molecule has 0 spiro atoms. The molecule has 4 amide bonds. The first-order chi connectivity index (χ1) is 15.1. The molecule has 1 saturated heterocycles. The number of aromatic nitrogens is 1. The number of nitrogens with one attached hydrogen (secondary N) is 2. The second-order valence-electron chi connectivity index (χ2n) is 8.77. The van der Waals surface area contributed by atoms with Crippen LogP contribution in [0.25, 0.3) is 11.3 Å². The lowest BCUT2D eigenvalue weighted by atomic mass is 10.0. The normalized spacial score (nSPS) is 18.4. The molecule has 1 aromatic heterocycles. The van der Waals surface area contributed by atoms with Crippen molar-refractivity contribution in [2.75, 3.05) is 0 Å². The topological polar surface area (TPSA) is 131 Å². The maximum Gasteiger partial charge on any atom is 0.407 e. The summed E-state index contributed by atoms with van der Waals surface area (Å²) in [4.78, 5) is 50.0. The first kappa shape index (κ1) is 21.5. The van der Waals surface area contributed by atoms with Gasteiger partial charge in [-0.25, -0.2) is 4.79 Å². The summed E-state index contributed by atoms with van der Waals surface area (Å²) in [5, 5.41) is 8.90. The molecule has 168 valence electrons. The minimum absolute atomic E-state index is 0.120. The fourth-order valence-electron chi connectivity index (χ4n) is 3.82. The highest BCUT2D eigenvalue weighted by Gasteiger charge is 2.40. The Morgan fingerprint density at radius 2 is 2.03 bits per heavy atom. The van der Waals surface area contributed by atoms with Crippen LogP contribution in [-0.2, 0) is 27.4 Å². The third-order valence-corrected chi connectivity index (χ3v) is 5.22. The number of imide groups is 1. The molecular formula is C22H24N4O6. The molecule has 0 saturated carbocycles. The van der Waals surface area contributed by atoms with Crippen LogP contribution < -0.4 is 10.6 Å². The average molecular weight is 440 g/mol. The van der Waals surface area contributed by atoms with Crippen molar-refractivity contribution in [2.24, 2.45) is 0 Å². The van der Waals surface area contributed by atoms with Crippen LogP contribution in [0.15, 0.2) is 28.8 Å². The van der Waals surface area contributed by atoms with Gasteiger partial charge in [-0.3, -0.25) is 19.7 Å². The second-order valence-corrected chi connectivity index (χ2v) is 8.77. The van der Waals surface area contributed by atoms with Crippen LogP contribution in [0.1, 0.15) is 55.2 Å². The molecule has 1 fully saturated rings. The lowest BCUT2D eigenvalue weighted by molar-refractivity contribution is -0.136. The monoisotopic (exact) mass is 440 g/mol. The molecule has 1 aromatic carbocycles. The number of hydrogen-bond donors (Lipinski definition) is 2. The smallest absolute Gasteiger partial charge is 0.407 e. The summed E-state index contributed by atoms with van der Waals surface area (Å²) in [5.41, 5.74) is 1.78. The number of carbonyl (C=O) groups excluding carboxylic acids is 4. The molecule has 2 aliphatic heterocycles. The van der Waals surface area contributed by atoms with E-state index in [1.54, 1.807) is 39.0 Å².